The van der Waals surface area contributed by atoms with Crippen molar-refractivity contribution in [2.75, 3.05) is 38.6 Å². The maximum Gasteiger partial charge on any atom is 0.282 e. The molecule has 2 saturated heterocycles. The van der Waals surface area contributed by atoms with Gasteiger partial charge in [0.15, 0.2) is 0 Å². The van der Waals surface area contributed by atoms with Gasteiger partial charge in [0, 0.05) is 51.5 Å². The SMILES string of the molecule is Cc1ccnc(N2C[C@H]3CN(S(=O)(=O)N(C)C)[C@H](c4ccccc4C)[C@H]3C2)n1. The molecule has 0 spiro atoms. The Hall–Kier alpha value is -2.03. The van der Waals surface area contributed by atoms with Gasteiger partial charge in [-0.2, -0.15) is 17.0 Å². The lowest BCUT2D eigenvalue weighted by molar-refractivity contribution is 0.326. The highest BCUT2D eigenvalue weighted by Crippen LogP contribution is 2.47. The lowest BCUT2D eigenvalue weighted by atomic mass is 9.88. The van der Waals surface area contributed by atoms with E-state index in [1.807, 2.05) is 25.1 Å². The molecule has 2 fully saturated rings. The summed E-state index contributed by atoms with van der Waals surface area (Å²) in [5.41, 5.74) is 3.15. The van der Waals surface area contributed by atoms with Crippen molar-refractivity contribution < 1.29 is 8.42 Å². The van der Waals surface area contributed by atoms with E-state index >= 15 is 0 Å². The van der Waals surface area contributed by atoms with Crippen LogP contribution in [0.3, 0.4) is 0 Å². The van der Waals surface area contributed by atoms with Gasteiger partial charge in [0.1, 0.15) is 0 Å². The van der Waals surface area contributed by atoms with Crippen LogP contribution in [0.5, 0.6) is 0 Å². The van der Waals surface area contributed by atoms with Gasteiger partial charge in [-0.1, -0.05) is 24.3 Å². The van der Waals surface area contributed by atoms with Crippen LogP contribution in [0.1, 0.15) is 22.9 Å². The van der Waals surface area contributed by atoms with E-state index in [9.17, 15) is 8.42 Å². The van der Waals surface area contributed by atoms with Crippen LogP contribution < -0.4 is 4.90 Å². The largest absolute Gasteiger partial charge is 0.340 e. The number of rotatable bonds is 4. The lowest BCUT2D eigenvalue weighted by Crippen LogP contribution is -2.42. The Labute approximate surface area is 167 Å². The molecule has 0 bridgehead atoms. The molecule has 4 rings (SSSR count). The zero-order valence-corrected chi connectivity index (χ0v) is 17.6. The molecule has 7 nitrogen and oxygen atoms in total. The number of nitrogens with zero attached hydrogens (tertiary/aromatic N) is 5. The molecule has 3 heterocycles. The van der Waals surface area contributed by atoms with Crippen molar-refractivity contribution in [1.29, 1.82) is 0 Å². The van der Waals surface area contributed by atoms with E-state index in [1.54, 1.807) is 24.6 Å². The van der Waals surface area contributed by atoms with Crippen molar-refractivity contribution in [3.05, 3.63) is 53.3 Å². The first-order chi connectivity index (χ1) is 13.3. The molecular weight excluding hydrogens is 374 g/mol. The minimum atomic E-state index is -3.50. The highest BCUT2D eigenvalue weighted by Gasteiger charge is 2.52. The summed E-state index contributed by atoms with van der Waals surface area (Å²) in [5.74, 6) is 1.20. The Morgan fingerprint density at radius 2 is 1.82 bits per heavy atom. The topological polar surface area (TPSA) is 69.6 Å². The van der Waals surface area contributed by atoms with Gasteiger partial charge in [0.05, 0.1) is 6.04 Å². The standard InChI is InChI=1S/C20H27N5O2S/c1-14-7-5-6-8-17(14)19-18-13-24(20-21-10-9-15(2)22-20)11-16(18)12-25(19)28(26,27)23(3)4/h5-10,16,18-19H,11-13H2,1-4H3/t16-,18-,19+/m0/s1. The van der Waals surface area contributed by atoms with Crippen molar-refractivity contribution in [1.82, 2.24) is 18.6 Å². The van der Waals surface area contributed by atoms with Crippen molar-refractivity contribution in [3.8, 4) is 0 Å². The van der Waals surface area contributed by atoms with Crippen molar-refractivity contribution in [3.63, 3.8) is 0 Å². The predicted octanol–water partition coefficient (Wildman–Crippen LogP) is 2.01. The molecule has 150 valence electrons. The monoisotopic (exact) mass is 401 g/mol. The molecule has 0 saturated carbocycles. The zero-order valence-electron chi connectivity index (χ0n) is 16.8. The van der Waals surface area contributed by atoms with Crippen LogP contribution in [0, 0.1) is 25.7 Å². The molecule has 0 aliphatic carbocycles. The quantitative estimate of drug-likeness (QED) is 0.784. The third-order valence-corrected chi connectivity index (χ3v) is 7.84. The average molecular weight is 402 g/mol. The van der Waals surface area contributed by atoms with E-state index in [4.69, 9.17) is 0 Å². The Morgan fingerprint density at radius 3 is 2.50 bits per heavy atom. The molecule has 2 aliphatic rings. The fraction of sp³-hybridized carbons (Fsp3) is 0.500. The van der Waals surface area contributed by atoms with Gasteiger partial charge in [-0.25, -0.2) is 9.97 Å². The van der Waals surface area contributed by atoms with E-state index in [0.29, 0.717) is 6.54 Å². The summed E-state index contributed by atoms with van der Waals surface area (Å²) in [7, 11) is -0.300. The number of aryl methyl sites for hydroxylation is 2. The van der Waals surface area contributed by atoms with Gasteiger partial charge in [-0.3, -0.25) is 0 Å². The third kappa shape index (κ3) is 3.19. The molecule has 28 heavy (non-hydrogen) atoms. The molecule has 8 heteroatoms. The molecule has 3 atom stereocenters. The minimum absolute atomic E-state index is 0.173. The summed E-state index contributed by atoms with van der Waals surface area (Å²) >= 11 is 0. The summed E-state index contributed by atoms with van der Waals surface area (Å²) in [6.07, 6.45) is 1.79. The van der Waals surface area contributed by atoms with Crippen LogP contribution >= 0.6 is 0 Å². The van der Waals surface area contributed by atoms with E-state index in [2.05, 4.69) is 33.9 Å². The number of benzene rings is 1. The normalized spacial score (nSPS) is 25.5. The second kappa shape index (κ2) is 7.09. The van der Waals surface area contributed by atoms with E-state index in [0.717, 1.165) is 35.9 Å². The molecule has 0 N–H and O–H groups in total. The fourth-order valence-electron chi connectivity index (χ4n) is 4.51. The first-order valence-corrected chi connectivity index (χ1v) is 11.0. The maximum absolute atomic E-state index is 13.1. The number of fused-ring (bicyclic) bond motifs is 1. The van der Waals surface area contributed by atoms with Crippen LogP contribution in [0.4, 0.5) is 5.95 Å². The smallest absolute Gasteiger partial charge is 0.282 e. The molecule has 2 aliphatic heterocycles. The van der Waals surface area contributed by atoms with Crippen LogP contribution in [0.15, 0.2) is 36.5 Å². The summed E-state index contributed by atoms with van der Waals surface area (Å²) in [6.45, 7) is 6.07. The Bertz CT molecular complexity index is 978. The molecule has 1 aromatic carbocycles. The van der Waals surface area contributed by atoms with Crippen LogP contribution in [0.2, 0.25) is 0 Å². The van der Waals surface area contributed by atoms with Gasteiger partial charge >= 0.3 is 0 Å². The van der Waals surface area contributed by atoms with E-state index in [-0.39, 0.29) is 17.9 Å². The van der Waals surface area contributed by atoms with Gasteiger partial charge in [-0.05, 0) is 37.0 Å². The van der Waals surface area contributed by atoms with Crippen molar-refractivity contribution in [2.45, 2.75) is 19.9 Å². The Kier molecular flexibility index (Phi) is 4.89. The number of hydrogen-bond donors (Lipinski definition) is 0. The molecule has 0 amide bonds. The van der Waals surface area contributed by atoms with Crippen LogP contribution in [-0.4, -0.2) is 60.7 Å². The molecule has 2 aromatic rings. The highest BCUT2D eigenvalue weighted by molar-refractivity contribution is 7.86. The first kappa shape index (κ1) is 19.3. The molecule has 1 aromatic heterocycles. The predicted molar refractivity (Wildman–Crippen MR) is 109 cm³/mol. The second-order valence-corrected chi connectivity index (χ2v) is 10.1. The maximum atomic E-state index is 13.1. The van der Waals surface area contributed by atoms with Gasteiger partial charge in [0.2, 0.25) is 5.95 Å². The number of hydrogen-bond acceptors (Lipinski definition) is 5. The van der Waals surface area contributed by atoms with Gasteiger partial charge < -0.3 is 4.90 Å². The number of anilines is 1. The van der Waals surface area contributed by atoms with Gasteiger partial charge in [-0.15, -0.1) is 0 Å². The van der Waals surface area contributed by atoms with E-state index < -0.39 is 10.2 Å². The third-order valence-electron chi connectivity index (χ3n) is 5.95. The number of aromatic nitrogens is 2. The van der Waals surface area contributed by atoms with Gasteiger partial charge in [0.25, 0.3) is 10.2 Å². The van der Waals surface area contributed by atoms with Crippen LogP contribution in [-0.2, 0) is 10.2 Å². The van der Waals surface area contributed by atoms with E-state index in [1.165, 1.54) is 4.31 Å². The summed E-state index contributed by atoms with van der Waals surface area (Å²) in [5, 5.41) is 0. The minimum Gasteiger partial charge on any atom is -0.340 e. The summed E-state index contributed by atoms with van der Waals surface area (Å²) in [4.78, 5) is 11.2. The summed E-state index contributed by atoms with van der Waals surface area (Å²) < 4.78 is 29.2. The average Bonchev–Trinajstić information content (AvgIpc) is 3.20. The Balaban J connectivity index is 1.71. The second-order valence-electron chi connectivity index (χ2n) is 7.99. The fourth-order valence-corrected chi connectivity index (χ4v) is 5.87. The van der Waals surface area contributed by atoms with Crippen molar-refractivity contribution in [2.24, 2.45) is 11.8 Å². The molecular formula is C20H27N5O2S. The summed E-state index contributed by atoms with van der Waals surface area (Å²) in [6, 6.07) is 9.83. The Morgan fingerprint density at radius 1 is 1.07 bits per heavy atom. The van der Waals surface area contributed by atoms with Crippen LogP contribution in [0.25, 0.3) is 0 Å². The first-order valence-electron chi connectivity index (χ1n) is 9.58. The van der Waals surface area contributed by atoms with Crippen molar-refractivity contribution >= 4 is 16.2 Å². The highest BCUT2D eigenvalue weighted by atomic mass is 32.2. The zero-order chi connectivity index (χ0) is 20.1. The lowest BCUT2D eigenvalue weighted by Gasteiger charge is -2.31. The molecule has 0 unspecified atom stereocenters. The molecule has 0 radical (unpaired) electrons.